The lowest BCUT2D eigenvalue weighted by atomic mass is 10.1. The lowest BCUT2D eigenvalue weighted by Gasteiger charge is -2.36. The maximum atomic E-state index is 11.3. The molecule has 0 spiro atoms. The van der Waals surface area contributed by atoms with Crippen LogP contribution >= 0.6 is 0 Å². The number of carbonyl (C=O) groups excluding carboxylic acids is 1. The number of primary amides is 1. The summed E-state index contributed by atoms with van der Waals surface area (Å²) < 4.78 is 11.0. The summed E-state index contributed by atoms with van der Waals surface area (Å²) in [6.07, 6.45) is 3.71. The van der Waals surface area contributed by atoms with Crippen LogP contribution in [0.1, 0.15) is 19.3 Å². The monoisotopic (exact) mass is 228 g/mol. The number of hydrogen-bond acceptors (Lipinski definition) is 4. The van der Waals surface area contributed by atoms with E-state index in [-0.39, 0.29) is 18.1 Å². The van der Waals surface area contributed by atoms with Crippen molar-refractivity contribution < 1.29 is 14.3 Å². The van der Waals surface area contributed by atoms with E-state index in [1.807, 2.05) is 0 Å². The Hall–Kier alpha value is -0.650. The molecule has 2 atom stereocenters. The number of morpholine rings is 1. The predicted octanol–water partition coefficient (Wildman–Crippen LogP) is -0.258. The molecule has 2 N–H and O–H groups in total. The molecular formula is C11H20N2O3. The van der Waals surface area contributed by atoms with Crippen LogP contribution in [0.3, 0.4) is 0 Å². The van der Waals surface area contributed by atoms with Crippen molar-refractivity contribution in [3.05, 3.63) is 0 Å². The Labute approximate surface area is 95.9 Å². The number of nitrogens with two attached hydrogens (primary N) is 1. The fourth-order valence-corrected chi connectivity index (χ4v) is 2.33. The van der Waals surface area contributed by atoms with Crippen LogP contribution < -0.4 is 5.73 Å². The molecule has 2 heterocycles. The van der Waals surface area contributed by atoms with E-state index in [9.17, 15) is 4.79 Å². The summed E-state index contributed by atoms with van der Waals surface area (Å²) >= 11 is 0. The normalized spacial score (nSPS) is 32.5. The van der Waals surface area contributed by atoms with Gasteiger partial charge in [0.2, 0.25) is 5.91 Å². The SMILES string of the molecule is NC(=O)[C@H]1COCCN1C[C@@H]1CCCCO1. The van der Waals surface area contributed by atoms with Gasteiger partial charge in [0, 0.05) is 19.7 Å². The topological polar surface area (TPSA) is 64.8 Å². The molecule has 0 saturated carbocycles. The Morgan fingerprint density at radius 2 is 2.25 bits per heavy atom. The zero-order chi connectivity index (χ0) is 11.4. The lowest BCUT2D eigenvalue weighted by molar-refractivity contribution is -0.131. The fraction of sp³-hybridized carbons (Fsp3) is 0.909. The highest BCUT2D eigenvalue weighted by Crippen LogP contribution is 2.16. The van der Waals surface area contributed by atoms with Gasteiger partial charge in [0.1, 0.15) is 6.04 Å². The summed E-state index contributed by atoms with van der Waals surface area (Å²) in [5.41, 5.74) is 5.36. The number of carbonyl (C=O) groups is 1. The third-order valence-corrected chi connectivity index (χ3v) is 3.28. The van der Waals surface area contributed by atoms with Crippen LogP contribution in [0, 0.1) is 0 Å². The summed E-state index contributed by atoms with van der Waals surface area (Å²) in [5, 5.41) is 0. The summed E-state index contributed by atoms with van der Waals surface area (Å²) in [5.74, 6) is -0.296. The number of nitrogens with zero attached hydrogens (tertiary/aromatic N) is 1. The van der Waals surface area contributed by atoms with Gasteiger partial charge in [0.05, 0.1) is 19.3 Å². The predicted molar refractivity (Wildman–Crippen MR) is 59.0 cm³/mol. The second kappa shape index (κ2) is 5.61. The molecule has 16 heavy (non-hydrogen) atoms. The summed E-state index contributed by atoms with van der Waals surface area (Å²) in [6, 6.07) is -0.278. The zero-order valence-corrected chi connectivity index (χ0v) is 9.56. The Balaban J connectivity index is 1.87. The largest absolute Gasteiger partial charge is 0.378 e. The summed E-state index contributed by atoms with van der Waals surface area (Å²) in [4.78, 5) is 13.4. The van der Waals surface area contributed by atoms with Gasteiger partial charge in [0.25, 0.3) is 0 Å². The highest BCUT2D eigenvalue weighted by Gasteiger charge is 2.30. The van der Waals surface area contributed by atoms with Gasteiger partial charge in [-0.15, -0.1) is 0 Å². The molecular weight excluding hydrogens is 208 g/mol. The minimum atomic E-state index is -0.296. The van der Waals surface area contributed by atoms with Crippen LogP contribution in [0.5, 0.6) is 0 Å². The fourth-order valence-electron chi connectivity index (χ4n) is 2.33. The van der Waals surface area contributed by atoms with Crippen LogP contribution in [-0.2, 0) is 14.3 Å². The van der Waals surface area contributed by atoms with E-state index in [1.54, 1.807) is 0 Å². The quantitative estimate of drug-likeness (QED) is 0.723. The Bertz CT molecular complexity index is 241. The van der Waals surface area contributed by atoms with Crippen molar-refractivity contribution in [1.29, 1.82) is 0 Å². The first kappa shape index (κ1) is 11.8. The van der Waals surface area contributed by atoms with Crippen molar-refractivity contribution in [2.45, 2.75) is 31.4 Å². The average molecular weight is 228 g/mol. The van der Waals surface area contributed by atoms with Crippen molar-refractivity contribution in [2.24, 2.45) is 5.73 Å². The van der Waals surface area contributed by atoms with Gasteiger partial charge in [0.15, 0.2) is 0 Å². The second-order valence-electron chi connectivity index (χ2n) is 4.48. The first-order chi connectivity index (χ1) is 7.77. The molecule has 0 aromatic heterocycles. The zero-order valence-electron chi connectivity index (χ0n) is 9.56. The molecule has 1 amide bonds. The average Bonchev–Trinajstić information content (AvgIpc) is 2.31. The van der Waals surface area contributed by atoms with Gasteiger partial charge < -0.3 is 15.2 Å². The molecule has 0 aromatic rings. The van der Waals surface area contributed by atoms with Crippen molar-refractivity contribution >= 4 is 5.91 Å². The van der Waals surface area contributed by atoms with Gasteiger partial charge in [-0.2, -0.15) is 0 Å². The van der Waals surface area contributed by atoms with E-state index in [4.69, 9.17) is 15.2 Å². The third-order valence-electron chi connectivity index (χ3n) is 3.28. The van der Waals surface area contributed by atoms with Crippen LogP contribution in [0.25, 0.3) is 0 Å². The van der Waals surface area contributed by atoms with Gasteiger partial charge in [-0.25, -0.2) is 0 Å². The Morgan fingerprint density at radius 1 is 1.38 bits per heavy atom. The number of ether oxygens (including phenoxy) is 2. The smallest absolute Gasteiger partial charge is 0.237 e. The van der Waals surface area contributed by atoms with E-state index in [2.05, 4.69) is 4.90 Å². The first-order valence-corrected chi connectivity index (χ1v) is 6.00. The van der Waals surface area contributed by atoms with Crippen LogP contribution in [0.15, 0.2) is 0 Å². The van der Waals surface area contributed by atoms with E-state index >= 15 is 0 Å². The molecule has 0 aromatic carbocycles. The molecule has 0 bridgehead atoms. The Morgan fingerprint density at radius 3 is 2.94 bits per heavy atom. The van der Waals surface area contributed by atoms with Gasteiger partial charge in [-0.3, -0.25) is 9.69 Å². The van der Waals surface area contributed by atoms with E-state index in [1.165, 1.54) is 6.42 Å². The van der Waals surface area contributed by atoms with Crippen LogP contribution in [-0.4, -0.2) is 55.9 Å². The molecule has 0 unspecified atom stereocenters. The molecule has 2 aliphatic rings. The molecule has 0 aliphatic carbocycles. The molecule has 5 nitrogen and oxygen atoms in total. The van der Waals surface area contributed by atoms with Crippen molar-refractivity contribution in [3.63, 3.8) is 0 Å². The maximum absolute atomic E-state index is 11.3. The Kier molecular flexibility index (Phi) is 4.15. The van der Waals surface area contributed by atoms with Crippen LogP contribution in [0.4, 0.5) is 0 Å². The highest BCUT2D eigenvalue weighted by atomic mass is 16.5. The minimum absolute atomic E-state index is 0.258. The molecule has 2 fully saturated rings. The molecule has 92 valence electrons. The molecule has 2 aliphatic heterocycles. The first-order valence-electron chi connectivity index (χ1n) is 6.00. The number of rotatable bonds is 3. The van der Waals surface area contributed by atoms with Crippen molar-refractivity contribution in [2.75, 3.05) is 32.9 Å². The van der Waals surface area contributed by atoms with Crippen LogP contribution in [0.2, 0.25) is 0 Å². The second-order valence-corrected chi connectivity index (χ2v) is 4.48. The summed E-state index contributed by atoms with van der Waals surface area (Å²) in [7, 11) is 0. The third kappa shape index (κ3) is 2.93. The molecule has 5 heteroatoms. The standard InChI is InChI=1S/C11H20N2O3/c12-11(14)10-8-15-6-4-13(10)7-9-3-1-2-5-16-9/h9-10H,1-8H2,(H2,12,14)/t9-,10+/m0/s1. The van der Waals surface area contributed by atoms with E-state index < -0.39 is 0 Å². The van der Waals surface area contributed by atoms with Gasteiger partial charge in [-0.1, -0.05) is 0 Å². The number of hydrogen-bond donors (Lipinski definition) is 1. The van der Waals surface area contributed by atoms with Crippen molar-refractivity contribution in [3.8, 4) is 0 Å². The van der Waals surface area contributed by atoms with Crippen molar-refractivity contribution in [1.82, 2.24) is 4.90 Å². The summed E-state index contributed by atoms with van der Waals surface area (Å²) in [6.45, 7) is 3.51. The lowest BCUT2D eigenvalue weighted by Crippen LogP contribution is -2.54. The van der Waals surface area contributed by atoms with E-state index in [0.717, 1.165) is 32.5 Å². The minimum Gasteiger partial charge on any atom is -0.378 e. The van der Waals surface area contributed by atoms with Gasteiger partial charge >= 0.3 is 0 Å². The highest BCUT2D eigenvalue weighted by molar-refractivity contribution is 5.80. The number of amides is 1. The van der Waals surface area contributed by atoms with Gasteiger partial charge in [-0.05, 0) is 19.3 Å². The van der Waals surface area contributed by atoms with E-state index in [0.29, 0.717) is 13.2 Å². The molecule has 2 saturated heterocycles. The maximum Gasteiger partial charge on any atom is 0.237 e. The molecule has 0 radical (unpaired) electrons. The molecule has 2 rings (SSSR count).